The fraction of sp³-hybridized carbons (Fsp3) is 0.167. The highest BCUT2D eigenvalue weighted by Gasteiger charge is 2.34. The molecule has 1 aromatic rings. The molecule has 0 spiro atoms. The molecule has 0 bridgehead atoms. The average Bonchev–Trinajstić information content (AvgIpc) is 2.24. The van der Waals surface area contributed by atoms with E-state index in [0.29, 0.717) is 0 Å². The first-order valence-electron chi connectivity index (χ1n) is 4.27. The van der Waals surface area contributed by atoms with E-state index in [1.54, 1.807) is 7.11 Å². The van der Waals surface area contributed by atoms with Gasteiger partial charge in [0.25, 0.3) is 0 Å². The zero-order valence-electron chi connectivity index (χ0n) is 8.37. The van der Waals surface area contributed by atoms with Gasteiger partial charge in [0.2, 0.25) is 0 Å². The SMILES string of the molecule is C#C[Si](C#C)(OC)c1ccccc1C. The molecule has 0 unspecified atom stereocenters. The van der Waals surface area contributed by atoms with Crippen LogP contribution in [0.1, 0.15) is 5.56 Å². The van der Waals surface area contributed by atoms with Crippen molar-refractivity contribution in [2.45, 2.75) is 6.92 Å². The summed E-state index contributed by atoms with van der Waals surface area (Å²) >= 11 is 0. The van der Waals surface area contributed by atoms with Crippen molar-refractivity contribution in [1.82, 2.24) is 0 Å². The van der Waals surface area contributed by atoms with Crippen molar-refractivity contribution < 1.29 is 4.43 Å². The number of hydrogen-bond acceptors (Lipinski definition) is 1. The van der Waals surface area contributed by atoms with Gasteiger partial charge in [-0.15, -0.1) is 12.8 Å². The molecule has 1 aromatic carbocycles. The Labute approximate surface area is 86.2 Å². The molecule has 0 heterocycles. The third-order valence-corrected chi connectivity index (χ3v) is 4.98. The number of hydrogen-bond donors (Lipinski definition) is 0. The van der Waals surface area contributed by atoms with E-state index in [0.717, 1.165) is 10.8 Å². The summed E-state index contributed by atoms with van der Waals surface area (Å²) in [5, 5.41) is 0.993. The van der Waals surface area contributed by atoms with Gasteiger partial charge in [-0.05, 0) is 17.7 Å². The van der Waals surface area contributed by atoms with Crippen molar-refractivity contribution in [2.24, 2.45) is 0 Å². The maximum Gasteiger partial charge on any atom is 0.386 e. The quantitative estimate of drug-likeness (QED) is 0.514. The summed E-state index contributed by atoms with van der Waals surface area (Å²) < 4.78 is 5.37. The Hall–Kier alpha value is -1.48. The summed E-state index contributed by atoms with van der Waals surface area (Å²) in [4.78, 5) is 0. The molecule has 70 valence electrons. The molecule has 0 aliphatic rings. The average molecular weight is 200 g/mol. The minimum atomic E-state index is -2.58. The third-order valence-electron chi connectivity index (χ3n) is 2.24. The lowest BCUT2D eigenvalue weighted by Gasteiger charge is -2.19. The van der Waals surface area contributed by atoms with Crippen LogP contribution >= 0.6 is 0 Å². The van der Waals surface area contributed by atoms with Crippen molar-refractivity contribution >= 4 is 13.5 Å². The molecular weight excluding hydrogens is 188 g/mol. The maximum atomic E-state index is 5.47. The molecular formula is C12H12OSi. The lowest BCUT2D eigenvalue weighted by Crippen LogP contribution is -2.49. The first-order chi connectivity index (χ1) is 6.70. The largest absolute Gasteiger partial charge is 0.397 e. The van der Waals surface area contributed by atoms with Gasteiger partial charge in [-0.3, -0.25) is 0 Å². The van der Waals surface area contributed by atoms with E-state index in [1.807, 2.05) is 31.2 Å². The molecule has 0 aliphatic heterocycles. The van der Waals surface area contributed by atoms with E-state index in [9.17, 15) is 0 Å². The zero-order valence-corrected chi connectivity index (χ0v) is 9.37. The summed E-state index contributed by atoms with van der Waals surface area (Å²) in [6, 6.07) is 7.83. The number of aryl methyl sites for hydroxylation is 1. The highest BCUT2D eigenvalue weighted by molar-refractivity contribution is 6.99. The van der Waals surface area contributed by atoms with Gasteiger partial charge in [0, 0.05) is 7.11 Å². The second-order valence-electron chi connectivity index (χ2n) is 2.99. The molecule has 0 amide bonds. The van der Waals surface area contributed by atoms with Crippen LogP contribution in [0.4, 0.5) is 0 Å². The van der Waals surface area contributed by atoms with Gasteiger partial charge >= 0.3 is 8.32 Å². The minimum absolute atomic E-state index is 0.993. The summed E-state index contributed by atoms with van der Waals surface area (Å²) in [6.07, 6.45) is 10.9. The second-order valence-corrected chi connectivity index (χ2v) is 5.88. The Morgan fingerprint density at radius 1 is 1.21 bits per heavy atom. The van der Waals surface area contributed by atoms with E-state index in [4.69, 9.17) is 17.3 Å². The molecule has 1 rings (SSSR count). The van der Waals surface area contributed by atoms with E-state index in [2.05, 4.69) is 11.1 Å². The van der Waals surface area contributed by atoms with Crippen molar-refractivity contribution in [3.05, 3.63) is 29.8 Å². The van der Waals surface area contributed by atoms with Crippen LogP contribution in [0.2, 0.25) is 0 Å². The third kappa shape index (κ3) is 1.58. The van der Waals surface area contributed by atoms with Gasteiger partial charge < -0.3 is 4.43 Å². The molecule has 14 heavy (non-hydrogen) atoms. The lowest BCUT2D eigenvalue weighted by atomic mass is 10.2. The monoisotopic (exact) mass is 200 g/mol. The normalized spacial score (nSPS) is 10.3. The zero-order chi connectivity index (χ0) is 10.6. The molecule has 2 heteroatoms. The highest BCUT2D eigenvalue weighted by atomic mass is 28.4. The van der Waals surface area contributed by atoms with Gasteiger partial charge in [-0.1, -0.05) is 35.4 Å². The smallest absolute Gasteiger partial charge is 0.386 e. The Bertz CT molecular complexity index is 395. The predicted octanol–water partition coefficient (Wildman–Crippen LogP) is 1.14. The molecule has 0 atom stereocenters. The van der Waals surface area contributed by atoms with Gasteiger partial charge in [0.05, 0.1) is 0 Å². The van der Waals surface area contributed by atoms with Gasteiger partial charge in [0.1, 0.15) is 0 Å². The van der Waals surface area contributed by atoms with Crippen molar-refractivity contribution in [3.63, 3.8) is 0 Å². The summed E-state index contributed by atoms with van der Waals surface area (Å²) in [5.74, 6) is 0. The Morgan fingerprint density at radius 3 is 2.21 bits per heavy atom. The fourth-order valence-electron chi connectivity index (χ4n) is 1.39. The van der Waals surface area contributed by atoms with Crippen molar-refractivity contribution in [3.8, 4) is 23.9 Å². The standard InChI is InChI=1S/C12H12OSi/c1-5-14(6-2,13-4)12-10-8-7-9-11(12)3/h1-2,7-10H,3-4H3. The Morgan fingerprint density at radius 2 is 1.79 bits per heavy atom. The Kier molecular flexibility index (Phi) is 3.14. The number of benzene rings is 1. The van der Waals surface area contributed by atoms with E-state index in [-0.39, 0.29) is 0 Å². The van der Waals surface area contributed by atoms with Crippen LogP contribution in [-0.2, 0) is 4.43 Å². The summed E-state index contributed by atoms with van der Waals surface area (Å²) in [5.41, 5.74) is 6.40. The molecule has 0 aliphatic carbocycles. The van der Waals surface area contributed by atoms with Crippen LogP contribution in [-0.4, -0.2) is 15.4 Å². The number of rotatable bonds is 2. The maximum absolute atomic E-state index is 5.47. The van der Waals surface area contributed by atoms with Crippen LogP contribution < -0.4 is 5.19 Å². The van der Waals surface area contributed by atoms with Crippen LogP contribution in [0, 0.1) is 30.9 Å². The summed E-state index contributed by atoms with van der Waals surface area (Å²) in [6.45, 7) is 1.99. The molecule has 0 aromatic heterocycles. The van der Waals surface area contributed by atoms with Crippen LogP contribution in [0.25, 0.3) is 0 Å². The minimum Gasteiger partial charge on any atom is -0.397 e. The molecule has 0 saturated carbocycles. The fourth-order valence-corrected chi connectivity index (χ4v) is 3.21. The van der Waals surface area contributed by atoms with Crippen molar-refractivity contribution in [1.29, 1.82) is 0 Å². The van der Waals surface area contributed by atoms with E-state index >= 15 is 0 Å². The van der Waals surface area contributed by atoms with Gasteiger partial charge in [0.15, 0.2) is 0 Å². The van der Waals surface area contributed by atoms with Gasteiger partial charge in [-0.2, -0.15) is 0 Å². The topological polar surface area (TPSA) is 9.23 Å². The molecule has 0 radical (unpaired) electrons. The highest BCUT2D eigenvalue weighted by Crippen LogP contribution is 2.06. The first kappa shape index (κ1) is 10.6. The summed E-state index contributed by atoms with van der Waals surface area (Å²) in [7, 11) is -1.00. The number of terminal acetylenes is 2. The van der Waals surface area contributed by atoms with Gasteiger partial charge in [-0.25, -0.2) is 0 Å². The van der Waals surface area contributed by atoms with E-state index in [1.165, 1.54) is 0 Å². The molecule has 0 N–H and O–H groups in total. The molecule has 1 nitrogen and oxygen atoms in total. The molecule has 0 fully saturated rings. The molecule has 0 saturated heterocycles. The second kappa shape index (κ2) is 4.15. The van der Waals surface area contributed by atoms with Crippen LogP contribution in [0.3, 0.4) is 0 Å². The van der Waals surface area contributed by atoms with Crippen LogP contribution in [0.15, 0.2) is 24.3 Å². The van der Waals surface area contributed by atoms with Crippen LogP contribution in [0.5, 0.6) is 0 Å². The first-order valence-corrected chi connectivity index (χ1v) is 6.18. The Balaban J connectivity index is 3.36. The predicted molar refractivity (Wildman–Crippen MR) is 61.2 cm³/mol. The van der Waals surface area contributed by atoms with E-state index < -0.39 is 8.32 Å². The van der Waals surface area contributed by atoms with Crippen molar-refractivity contribution in [2.75, 3.05) is 7.11 Å². The lowest BCUT2D eigenvalue weighted by molar-refractivity contribution is 0.428.